The van der Waals surface area contributed by atoms with Crippen LogP contribution in [-0.2, 0) is 6.42 Å². The molecule has 0 unspecified atom stereocenters. The van der Waals surface area contributed by atoms with E-state index in [1.165, 1.54) is 6.07 Å². The quantitative estimate of drug-likeness (QED) is 0.496. The Morgan fingerprint density at radius 1 is 1.15 bits per heavy atom. The first-order valence-corrected chi connectivity index (χ1v) is 11.6. The van der Waals surface area contributed by atoms with E-state index in [9.17, 15) is 9.18 Å². The smallest absolute Gasteiger partial charge is 0.231 e. The van der Waals surface area contributed by atoms with E-state index in [0.29, 0.717) is 18.8 Å². The van der Waals surface area contributed by atoms with Crippen molar-refractivity contribution in [2.24, 2.45) is 5.92 Å². The van der Waals surface area contributed by atoms with Crippen LogP contribution in [0.2, 0.25) is 0 Å². The van der Waals surface area contributed by atoms with Gasteiger partial charge in [0.15, 0.2) is 17.3 Å². The number of piperidine rings is 1. The Kier molecular flexibility index (Phi) is 6.72. The first-order valence-electron chi connectivity index (χ1n) is 11.6. The number of hydrogen-bond donors (Lipinski definition) is 1. The van der Waals surface area contributed by atoms with Crippen LogP contribution in [0.15, 0.2) is 60.9 Å². The standard InChI is InChI=1S/C27H27FN2O4/c28-24-6-4-19(12-23(24)25(31)7-3-18-2-1-10-29-14-18)22-9-11-30-15-20(22)16-32-21-5-8-26-27(13-21)34-17-33-26/h1-2,4-6,8,10,12-14,20,22,30H,3,7,9,11,15-17H2/t20-,22-/m0/s1. The first-order chi connectivity index (χ1) is 16.7. The van der Waals surface area contributed by atoms with E-state index >= 15 is 0 Å². The number of hydrogen-bond acceptors (Lipinski definition) is 6. The summed E-state index contributed by atoms with van der Waals surface area (Å²) in [6.45, 7) is 2.38. The molecule has 0 aliphatic carbocycles. The Bertz CT molecular complexity index is 1150. The maximum atomic E-state index is 14.6. The van der Waals surface area contributed by atoms with Gasteiger partial charge in [0.1, 0.15) is 11.6 Å². The topological polar surface area (TPSA) is 69.7 Å². The average Bonchev–Trinajstić information content (AvgIpc) is 3.35. The third kappa shape index (κ3) is 5.04. The fraction of sp³-hybridized carbons (Fsp3) is 0.333. The van der Waals surface area contributed by atoms with Crippen molar-refractivity contribution in [1.29, 1.82) is 0 Å². The molecule has 3 heterocycles. The second-order valence-corrected chi connectivity index (χ2v) is 8.71. The van der Waals surface area contributed by atoms with E-state index in [2.05, 4.69) is 10.3 Å². The van der Waals surface area contributed by atoms with Crippen LogP contribution >= 0.6 is 0 Å². The molecule has 5 rings (SSSR count). The molecule has 2 aromatic carbocycles. The number of nitrogens with one attached hydrogen (secondary N) is 1. The second kappa shape index (κ2) is 10.2. The summed E-state index contributed by atoms with van der Waals surface area (Å²) in [6.07, 6.45) is 5.11. The minimum Gasteiger partial charge on any atom is -0.493 e. The van der Waals surface area contributed by atoms with Gasteiger partial charge < -0.3 is 19.5 Å². The Morgan fingerprint density at radius 3 is 2.94 bits per heavy atom. The molecular weight excluding hydrogens is 435 g/mol. The summed E-state index contributed by atoms with van der Waals surface area (Å²) in [7, 11) is 0. The molecule has 0 spiro atoms. The van der Waals surface area contributed by atoms with E-state index in [4.69, 9.17) is 14.2 Å². The molecule has 34 heavy (non-hydrogen) atoms. The van der Waals surface area contributed by atoms with Crippen molar-refractivity contribution in [1.82, 2.24) is 10.3 Å². The highest BCUT2D eigenvalue weighted by Gasteiger charge is 2.28. The second-order valence-electron chi connectivity index (χ2n) is 8.71. The van der Waals surface area contributed by atoms with Gasteiger partial charge in [-0.3, -0.25) is 9.78 Å². The summed E-state index contributed by atoms with van der Waals surface area (Å²) < 4.78 is 31.5. The number of carbonyl (C=O) groups excluding carboxylic acids is 1. The number of benzene rings is 2. The lowest BCUT2D eigenvalue weighted by atomic mass is 9.80. The van der Waals surface area contributed by atoms with Gasteiger partial charge in [-0.2, -0.15) is 0 Å². The monoisotopic (exact) mass is 462 g/mol. The minimum absolute atomic E-state index is 0.162. The van der Waals surface area contributed by atoms with Crippen LogP contribution in [0.4, 0.5) is 4.39 Å². The van der Waals surface area contributed by atoms with Crippen LogP contribution in [0.1, 0.15) is 40.2 Å². The molecule has 0 radical (unpaired) electrons. The Balaban J connectivity index is 1.27. The molecule has 1 N–H and O–H groups in total. The zero-order chi connectivity index (χ0) is 23.3. The SMILES string of the molecule is O=C(CCc1cccnc1)c1cc([C@@H]2CCNC[C@H]2COc2ccc3c(c2)OCO3)ccc1F. The van der Waals surface area contributed by atoms with E-state index in [1.807, 2.05) is 30.3 Å². The molecular formula is C27H27FN2O4. The van der Waals surface area contributed by atoms with Crippen LogP contribution in [0, 0.1) is 11.7 Å². The number of ether oxygens (including phenoxy) is 3. The summed E-state index contributed by atoms with van der Waals surface area (Å²) in [5.41, 5.74) is 2.11. The molecule has 1 aromatic heterocycles. The number of halogens is 1. The van der Waals surface area contributed by atoms with E-state index in [0.717, 1.165) is 42.1 Å². The molecule has 6 nitrogen and oxygen atoms in total. The third-order valence-electron chi connectivity index (χ3n) is 6.50. The summed E-state index contributed by atoms with van der Waals surface area (Å²) in [4.78, 5) is 16.9. The van der Waals surface area contributed by atoms with E-state index in [-0.39, 0.29) is 36.4 Å². The molecule has 2 aliphatic heterocycles. The van der Waals surface area contributed by atoms with E-state index in [1.54, 1.807) is 24.5 Å². The predicted octanol–water partition coefficient (Wildman–Crippen LogP) is 4.54. The highest BCUT2D eigenvalue weighted by Crippen LogP contribution is 2.36. The Morgan fingerprint density at radius 2 is 2.06 bits per heavy atom. The van der Waals surface area contributed by atoms with Gasteiger partial charge in [0, 0.05) is 37.3 Å². The van der Waals surface area contributed by atoms with Crippen LogP contribution in [0.3, 0.4) is 0 Å². The fourth-order valence-corrected chi connectivity index (χ4v) is 4.63. The predicted molar refractivity (Wildman–Crippen MR) is 125 cm³/mol. The lowest BCUT2D eigenvalue weighted by Crippen LogP contribution is -2.38. The van der Waals surface area contributed by atoms with Crippen molar-refractivity contribution in [2.45, 2.75) is 25.2 Å². The van der Waals surface area contributed by atoms with Crippen LogP contribution in [0.5, 0.6) is 17.2 Å². The Hall–Kier alpha value is -3.45. The zero-order valence-electron chi connectivity index (χ0n) is 18.8. The number of aryl methyl sites for hydroxylation is 1. The maximum absolute atomic E-state index is 14.6. The number of rotatable bonds is 8. The van der Waals surface area contributed by atoms with Gasteiger partial charge in [-0.05, 0) is 66.8 Å². The van der Waals surface area contributed by atoms with Gasteiger partial charge >= 0.3 is 0 Å². The number of carbonyl (C=O) groups is 1. The van der Waals surface area contributed by atoms with Crippen molar-refractivity contribution in [3.8, 4) is 17.2 Å². The van der Waals surface area contributed by atoms with Crippen molar-refractivity contribution in [3.05, 3.63) is 83.4 Å². The molecule has 176 valence electrons. The van der Waals surface area contributed by atoms with Gasteiger partial charge in [-0.15, -0.1) is 0 Å². The van der Waals surface area contributed by atoms with Gasteiger partial charge in [0.2, 0.25) is 6.79 Å². The molecule has 0 amide bonds. The summed E-state index contributed by atoms with van der Waals surface area (Å²) in [5, 5.41) is 3.43. The van der Waals surface area contributed by atoms with Crippen molar-refractivity contribution in [2.75, 3.05) is 26.5 Å². The number of Topliss-reactive ketones (excluding diaryl/α,β-unsaturated/α-hetero) is 1. The van der Waals surface area contributed by atoms with Crippen LogP contribution in [0.25, 0.3) is 0 Å². The fourth-order valence-electron chi connectivity index (χ4n) is 4.63. The molecule has 2 atom stereocenters. The van der Waals surface area contributed by atoms with Gasteiger partial charge in [-0.1, -0.05) is 12.1 Å². The highest BCUT2D eigenvalue weighted by molar-refractivity contribution is 5.96. The van der Waals surface area contributed by atoms with E-state index < -0.39 is 5.82 Å². The number of nitrogens with zero attached hydrogens (tertiary/aromatic N) is 1. The number of pyridine rings is 1. The molecule has 0 bridgehead atoms. The van der Waals surface area contributed by atoms with Crippen molar-refractivity contribution >= 4 is 5.78 Å². The van der Waals surface area contributed by atoms with Crippen LogP contribution < -0.4 is 19.5 Å². The summed E-state index contributed by atoms with van der Waals surface area (Å²) in [6, 6.07) is 14.3. The molecule has 7 heteroatoms. The first kappa shape index (κ1) is 22.3. The molecule has 2 aliphatic rings. The van der Waals surface area contributed by atoms with Crippen molar-refractivity contribution in [3.63, 3.8) is 0 Å². The lowest BCUT2D eigenvalue weighted by molar-refractivity contribution is 0.0978. The zero-order valence-corrected chi connectivity index (χ0v) is 18.8. The van der Waals surface area contributed by atoms with Crippen LogP contribution in [-0.4, -0.2) is 37.3 Å². The molecule has 1 fully saturated rings. The molecule has 0 saturated carbocycles. The summed E-state index contributed by atoms with van der Waals surface area (Å²) >= 11 is 0. The average molecular weight is 463 g/mol. The Labute approximate surface area is 198 Å². The van der Waals surface area contributed by atoms with Crippen molar-refractivity contribution < 1.29 is 23.4 Å². The molecule has 3 aromatic rings. The number of aromatic nitrogens is 1. The number of fused-ring (bicyclic) bond motifs is 1. The summed E-state index contributed by atoms with van der Waals surface area (Å²) in [5.74, 6) is 1.82. The van der Waals surface area contributed by atoms with Gasteiger partial charge in [0.25, 0.3) is 0 Å². The van der Waals surface area contributed by atoms with Gasteiger partial charge in [0.05, 0.1) is 12.2 Å². The maximum Gasteiger partial charge on any atom is 0.231 e. The number of ketones is 1. The van der Waals surface area contributed by atoms with Gasteiger partial charge in [-0.25, -0.2) is 4.39 Å². The lowest BCUT2D eigenvalue weighted by Gasteiger charge is -2.32. The minimum atomic E-state index is -0.470. The normalized spacial score (nSPS) is 19.1. The largest absolute Gasteiger partial charge is 0.493 e. The third-order valence-corrected chi connectivity index (χ3v) is 6.50. The highest BCUT2D eigenvalue weighted by atomic mass is 19.1. The molecule has 1 saturated heterocycles.